The Kier molecular flexibility index (Phi) is 4.06. The monoisotopic (exact) mass is 278 g/mol. The third kappa shape index (κ3) is 3.26. The molecule has 0 bridgehead atoms. The average molecular weight is 279 g/mol. The third-order valence-electron chi connectivity index (χ3n) is 2.54. The minimum atomic E-state index is 0.167. The Morgan fingerprint density at radius 1 is 1.26 bits per heavy atom. The second-order valence-corrected chi connectivity index (χ2v) is 4.26. The van der Waals surface area contributed by atoms with Gasteiger partial charge in [0.1, 0.15) is 5.75 Å². The van der Waals surface area contributed by atoms with E-state index in [0.717, 1.165) is 11.4 Å². The number of rotatable bonds is 4. The first-order valence-electron chi connectivity index (χ1n) is 5.89. The first kappa shape index (κ1) is 13.4. The Hall–Kier alpha value is -2.01. The number of anilines is 3. The number of nitrogens with two attached hydrogens (primary N) is 1. The molecule has 100 valence electrons. The molecule has 2 aromatic rings. The number of aryl methyl sites for hydroxylation is 1. The van der Waals surface area contributed by atoms with Crippen molar-refractivity contribution in [2.75, 3.05) is 17.7 Å². The van der Waals surface area contributed by atoms with Crippen molar-refractivity contribution < 1.29 is 4.74 Å². The molecule has 0 fully saturated rings. The van der Waals surface area contributed by atoms with Crippen LogP contribution in [0.15, 0.2) is 24.3 Å². The summed E-state index contributed by atoms with van der Waals surface area (Å²) in [5.41, 5.74) is 7.89. The van der Waals surface area contributed by atoms with E-state index < -0.39 is 0 Å². The number of nitrogens with zero attached hydrogens (tertiary/aromatic N) is 2. The van der Waals surface area contributed by atoms with Gasteiger partial charge in [-0.2, -0.15) is 4.98 Å². The van der Waals surface area contributed by atoms with E-state index in [1.807, 2.05) is 31.2 Å². The molecule has 0 atom stereocenters. The maximum Gasteiger partial charge on any atom is 0.224 e. The standard InChI is InChI=1S/C13H15ClN4O/c1-3-19-10-6-4-9(5-7-10)17-12-11(15)8(2)16-13(14)18-12/h4-7H,3,15H2,1-2H3,(H,16,17,18). The zero-order valence-electron chi connectivity index (χ0n) is 10.8. The summed E-state index contributed by atoms with van der Waals surface area (Å²) in [6, 6.07) is 7.51. The Labute approximate surface area is 116 Å². The van der Waals surface area contributed by atoms with Crippen molar-refractivity contribution in [2.24, 2.45) is 0 Å². The fourth-order valence-electron chi connectivity index (χ4n) is 1.58. The summed E-state index contributed by atoms with van der Waals surface area (Å²) in [6.45, 7) is 4.37. The van der Waals surface area contributed by atoms with Gasteiger partial charge in [0.05, 0.1) is 18.0 Å². The minimum Gasteiger partial charge on any atom is -0.494 e. The second-order valence-electron chi connectivity index (χ2n) is 3.92. The molecule has 0 amide bonds. The lowest BCUT2D eigenvalue weighted by molar-refractivity contribution is 0.340. The topological polar surface area (TPSA) is 73.1 Å². The molecule has 0 spiro atoms. The van der Waals surface area contributed by atoms with Crippen LogP contribution in [0.3, 0.4) is 0 Å². The maximum atomic E-state index is 5.91. The van der Waals surface area contributed by atoms with E-state index in [1.165, 1.54) is 0 Å². The second kappa shape index (κ2) is 5.75. The molecule has 3 N–H and O–H groups in total. The molecule has 0 radical (unpaired) electrons. The highest BCUT2D eigenvalue weighted by molar-refractivity contribution is 6.28. The van der Waals surface area contributed by atoms with Gasteiger partial charge in [-0.3, -0.25) is 0 Å². The number of hydrogen-bond donors (Lipinski definition) is 2. The van der Waals surface area contributed by atoms with Gasteiger partial charge in [0.15, 0.2) is 5.82 Å². The molecule has 0 aliphatic heterocycles. The van der Waals surface area contributed by atoms with Crippen molar-refractivity contribution in [3.8, 4) is 5.75 Å². The van der Waals surface area contributed by atoms with Gasteiger partial charge in [-0.1, -0.05) is 0 Å². The number of nitrogens with one attached hydrogen (secondary N) is 1. The molecule has 5 nitrogen and oxygen atoms in total. The molecule has 0 unspecified atom stereocenters. The Morgan fingerprint density at radius 2 is 1.95 bits per heavy atom. The van der Waals surface area contributed by atoms with Crippen molar-refractivity contribution in [1.82, 2.24) is 9.97 Å². The van der Waals surface area contributed by atoms with Crippen LogP contribution < -0.4 is 15.8 Å². The van der Waals surface area contributed by atoms with Crippen molar-refractivity contribution in [1.29, 1.82) is 0 Å². The highest BCUT2D eigenvalue weighted by atomic mass is 35.5. The number of halogens is 1. The molecule has 0 aliphatic rings. The summed E-state index contributed by atoms with van der Waals surface area (Å²) < 4.78 is 5.37. The van der Waals surface area contributed by atoms with Gasteiger partial charge in [0, 0.05) is 5.69 Å². The molecule has 0 aliphatic carbocycles. The molecule has 1 aromatic carbocycles. The van der Waals surface area contributed by atoms with E-state index >= 15 is 0 Å². The van der Waals surface area contributed by atoms with Crippen LogP contribution in [0.2, 0.25) is 5.28 Å². The van der Waals surface area contributed by atoms with Crippen molar-refractivity contribution in [2.45, 2.75) is 13.8 Å². The van der Waals surface area contributed by atoms with E-state index in [1.54, 1.807) is 6.92 Å². The van der Waals surface area contributed by atoms with Crippen LogP contribution in [0.4, 0.5) is 17.2 Å². The zero-order chi connectivity index (χ0) is 13.8. The zero-order valence-corrected chi connectivity index (χ0v) is 11.5. The molecule has 6 heteroatoms. The fourth-order valence-corrected chi connectivity index (χ4v) is 1.79. The van der Waals surface area contributed by atoms with Crippen LogP contribution in [0.25, 0.3) is 0 Å². The number of benzene rings is 1. The van der Waals surface area contributed by atoms with Crippen LogP contribution in [0, 0.1) is 6.92 Å². The van der Waals surface area contributed by atoms with Crippen LogP contribution in [0.5, 0.6) is 5.75 Å². The molecule has 1 aromatic heterocycles. The van der Waals surface area contributed by atoms with Gasteiger partial charge < -0.3 is 15.8 Å². The SMILES string of the molecule is CCOc1ccc(Nc2nc(Cl)nc(C)c2N)cc1. The normalized spacial score (nSPS) is 10.3. The number of ether oxygens (including phenoxy) is 1. The van der Waals surface area contributed by atoms with Gasteiger partial charge in [-0.25, -0.2) is 4.98 Å². The van der Waals surface area contributed by atoms with E-state index in [9.17, 15) is 0 Å². The lowest BCUT2D eigenvalue weighted by Gasteiger charge is -2.10. The summed E-state index contributed by atoms with van der Waals surface area (Å²) >= 11 is 5.82. The minimum absolute atomic E-state index is 0.167. The van der Waals surface area contributed by atoms with Gasteiger partial charge >= 0.3 is 0 Å². The van der Waals surface area contributed by atoms with Gasteiger partial charge in [0.2, 0.25) is 5.28 Å². The van der Waals surface area contributed by atoms with Crippen molar-refractivity contribution >= 4 is 28.8 Å². The van der Waals surface area contributed by atoms with Crippen LogP contribution in [-0.2, 0) is 0 Å². The summed E-state index contributed by atoms with van der Waals surface area (Å²) in [5.74, 6) is 1.32. The summed E-state index contributed by atoms with van der Waals surface area (Å²) in [7, 11) is 0. The molecule has 19 heavy (non-hydrogen) atoms. The highest BCUT2D eigenvalue weighted by Gasteiger charge is 2.08. The van der Waals surface area contributed by atoms with Gasteiger partial charge in [-0.05, 0) is 49.7 Å². The van der Waals surface area contributed by atoms with E-state index in [-0.39, 0.29) is 5.28 Å². The summed E-state index contributed by atoms with van der Waals surface area (Å²) in [4.78, 5) is 8.06. The van der Waals surface area contributed by atoms with E-state index in [4.69, 9.17) is 22.1 Å². The lowest BCUT2D eigenvalue weighted by Crippen LogP contribution is -2.03. The van der Waals surface area contributed by atoms with Crippen LogP contribution >= 0.6 is 11.6 Å². The number of aromatic nitrogens is 2. The molecule has 0 saturated carbocycles. The Bertz CT molecular complexity index is 572. The average Bonchev–Trinajstić information content (AvgIpc) is 2.38. The quantitative estimate of drug-likeness (QED) is 0.841. The molecule has 2 rings (SSSR count). The van der Waals surface area contributed by atoms with Crippen molar-refractivity contribution in [3.05, 3.63) is 35.2 Å². The maximum absolute atomic E-state index is 5.91. The summed E-state index contributed by atoms with van der Waals surface area (Å²) in [5, 5.41) is 3.27. The van der Waals surface area contributed by atoms with Crippen LogP contribution in [-0.4, -0.2) is 16.6 Å². The first-order chi connectivity index (χ1) is 9.10. The Balaban J connectivity index is 2.21. The number of hydrogen-bond acceptors (Lipinski definition) is 5. The largest absolute Gasteiger partial charge is 0.494 e. The third-order valence-corrected chi connectivity index (χ3v) is 2.71. The fraction of sp³-hybridized carbons (Fsp3) is 0.231. The number of nitrogen functional groups attached to an aromatic ring is 1. The molecular formula is C13H15ClN4O. The molecular weight excluding hydrogens is 264 g/mol. The van der Waals surface area contributed by atoms with Crippen molar-refractivity contribution in [3.63, 3.8) is 0 Å². The predicted molar refractivity (Wildman–Crippen MR) is 77.1 cm³/mol. The van der Waals surface area contributed by atoms with Crippen LogP contribution in [0.1, 0.15) is 12.6 Å². The molecule has 0 saturated heterocycles. The smallest absolute Gasteiger partial charge is 0.224 e. The Morgan fingerprint density at radius 3 is 2.58 bits per heavy atom. The van der Waals surface area contributed by atoms with E-state index in [2.05, 4.69) is 15.3 Å². The van der Waals surface area contributed by atoms with Gasteiger partial charge in [0.25, 0.3) is 0 Å². The highest BCUT2D eigenvalue weighted by Crippen LogP contribution is 2.25. The van der Waals surface area contributed by atoms with Gasteiger partial charge in [-0.15, -0.1) is 0 Å². The lowest BCUT2D eigenvalue weighted by atomic mass is 10.3. The summed E-state index contributed by atoms with van der Waals surface area (Å²) in [6.07, 6.45) is 0. The predicted octanol–water partition coefficient (Wildman–Crippen LogP) is 3.16. The van der Waals surface area contributed by atoms with E-state index in [0.29, 0.717) is 23.8 Å². The first-order valence-corrected chi connectivity index (χ1v) is 6.27. The molecule has 1 heterocycles.